The van der Waals surface area contributed by atoms with Crippen molar-refractivity contribution in [2.75, 3.05) is 0 Å². The average Bonchev–Trinajstić information content (AvgIpc) is 2.88. The van der Waals surface area contributed by atoms with E-state index in [0.717, 1.165) is 5.69 Å². The molecule has 0 amide bonds. The molecule has 3 nitrogen and oxygen atoms in total. The normalized spacial score (nSPS) is 10.7. The quantitative estimate of drug-likeness (QED) is 0.602. The highest BCUT2D eigenvalue weighted by atomic mass is 35.6. The molecule has 0 bridgehead atoms. The Kier molecular flexibility index (Phi) is 5.32. The van der Waals surface area contributed by atoms with Gasteiger partial charge in [-0.2, -0.15) is 0 Å². The van der Waals surface area contributed by atoms with Gasteiger partial charge in [-0.1, -0.05) is 34.8 Å². The summed E-state index contributed by atoms with van der Waals surface area (Å²) in [7, 11) is 0. The molecule has 0 aromatic carbocycles. The standard InChI is InChI=1S/C7H6Cl3NO.C5H7N/c1-4-2-3-5(11-4)6(12)7(8,9)10;1-5-3-2-4-6-5/h2-3,11H,1H3;2-4,6H,1H3. The highest BCUT2D eigenvalue weighted by Crippen LogP contribution is 2.29. The summed E-state index contributed by atoms with van der Waals surface area (Å²) in [6, 6.07) is 7.33. The van der Waals surface area contributed by atoms with Crippen LogP contribution in [0.15, 0.2) is 30.5 Å². The van der Waals surface area contributed by atoms with Gasteiger partial charge in [0.05, 0.1) is 5.69 Å². The van der Waals surface area contributed by atoms with E-state index in [0.29, 0.717) is 5.69 Å². The number of hydrogen-bond acceptors (Lipinski definition) is 1. The molecule has 0 unspecified atom stereocenters. The predicted molar refractivity (Wildman–Crippen MR) is 75.7 cm³/mol. The molecule has 98 valence electrons. The van der Waals surface area contributed by atoms with Crippen molar-refractivity contribution >= 4 is 40.6 Å². The molecule has 0 aliphatic heterocycles. The van der Waals surface area contributed by atoms with E-state index in [1.807, 2.05) is 32.2 Å². The van der Waals surface area contributed by atoms with E-state index < -0.39 is 9.58 Å². The summed E-state index contributed by atoms with van der Waals surface area (Å²) in [4.78, 5) is 17.0. The van der Waals surface area contributed by atoms with Crippen LogP contribution in [0.4, 0.5) is 0 Å². The fourth-order valence-corrected chi connectivity index (χ4v) is 1.51. The molecule has 6 heteroatoms. The number of Topliss-reactive ketones (excluding diaryl/α,β-unsaturated/α-hetero) is 1. The maximum Gasteiger partial charge on any atom is 0.254 e. The summed E-state index contributed by atoms with van der Waals surface area (Å²) >= 11 is 16.2. The molecule has 0 saturated heterocycles. The smallest absolute Gasteiger partial charge is 0.254 e. The lowest BCUT2D eigenvalue weighted by molar-refractivity contribution is 0.0992. The predicted octanol–water partition coefficient (Wildman–Crippen LogP) is 4.20. The molecule has 2 rings (SSSR count). The highest BCUT2D eigenvalue weighted by molar-refractivity contribution is 6.77. The Morgan fingerprint density at radius 1 is 1.11 bits per heavy atom. The monoisotopic (exact) mass is 306 g/mol. The molecule has 0 atom stereocenters. The number of hydrogen-bond donors (Lipinski definition) is 2. The molecule has 2 aromatic heterocycles. The lowest BCUT2D eigenvalue weighted by Gasteiger charge is -2.06. The van der Waals surface area contributed by atoms with Crippen LogP contribution in [0, 0.1) is 13.8 Å². The van der Waals surface area contributed by atoms with Crippen LogP contribution in [0.5, 0.6) is 0 Å². The second kappa shape index (κ2) is 6.32. The molecule has 0 saturated carbocycles. The second-order valence-electron chi connectivity index (χ2n) is 3.74. The topological polar surface area (TPSA) is 48.6 Å². The maximum atomic E-state index is 11.3. The molecule has 0 spiro atoms. The van der Waals surface area contributed by atoms with Gasteiger partial charge in [-0.05, 0) is 38.1 Å². The molecule has 18 heavy (non-hydrogen) atoms. The van der Waals surface area contributed by atoms with Crippen LogP contribution >= 0.6 is 34.8 Å². The van der Waals surface area contributed by atoms with Crippen LogP contribution in [-0.2, 0) is 0 Å². The third-order valence-corrected chi connectivity index (χ3v) is 2.60. The molecule has 2 heterocycles. The number of aromatic amines is 2. The van der Waals surface area contributed by atoms with Gasteiger partial charge < -0.3 is 9.97 Å². The fourth-order valence-electron chi connectivity index (χ4n) is 1.21. The number of rotatable bonds is 1. The third-order valence-electron chi connectivity index (χ3n) is 2.09. The summed E-state index contributed by atoms with van der Waals surface area (Å²) < 4.78 is -1.88. The van der Waals surface area contributed by atoms with Crippen molar-refractivity contribution in [1.82, 2.24) is 9.97 Å². The van der Waals surface area contributed by atoms with Crippen LogP contribution in [-0.4, -0.2) is 19.5 Å². The number of H-pyrrole nitrogens is 2. The number of aryl methyl sites for hydroxylation is 2. The van der Waals surface area contributed by atoms with E-state index in [9.17, 15) is 4.79 Å². The number of carbonyl (C=O) groups is 1. The van der Waals surface area contributed by atoms with Crippen molar-refractivity contribution in [2.45, 2.75) is 17.6 Å². The fraction of sp³-hybridized carbons (Fsp3) is 0.250. The van der Waals surface area contributed by atoms with Gasteiger partial charge >= 0.3 is 0 Å². The number of nitrogens with one attached hydrogen (secondary N) is 2. The van der Waals surface area contributed by atoms with Gasteiger partial charge in [0.25, 0.3) is 3.79 Å². The molecule has 0 fully saturated rings. The summed E-state index contributed by atoms with van der Waals surface area (Å²) in [5.41, 5.74) is 2.38. The summed E-state index contributed by atoms with van der Waals surface area (Å²) in [6.07, 6.45) is 1.91. The number of ketones is 1. The van der Waals surface area contributed by atoms with Crippen molar-refractivity contribution in [2.24, 2.45) is 0 Å². The van der Waals surface area contributed by atoms with E-state index >= 15 is 0 Å². The summed E-state index contributed by atoms with van der Waals surface area (Å²) in [6.45, 7) is 3.84. The zero-order valence-corrected chi connectivity index (χ0v) is 12.2. The highest BCUT2D eigenvalue weighted by Gasteiger charge is 2.32. The minimum Gasteiger partial charge on any atom is -0.365 e. The molecule has 2 aromatic rings. The Morgan fingerprint density at radius 3 is 2.06 bits per heavy atom. The molecule has 0 aliphatic carbocycles. The van der Waals surface area contributed by atoms with Gasteiger partial charge in [0.2, 0.25) is 5.78 Å². The first kappa shape index (κ1) is 15.2. The molecular formula is C12H13Cl3N2O. The van der Waals surface area contributed by atoms with Gasteiger partial charge in [0, 0.05) is 17.6 Å². The van der Waals surface area contributed by atoms with Crippen molar-refractivity contribution in [3.05, 3.63) is 47.5 Å². The van der Waals surface area contributed by atoms with E-state index in [1.165, 1.54) is 5.69 Å². The Morgan fingerprint density at radius 2 is 1.78 bits per heavy atom. The Bertz CT molecular complexity index is 498. The Hall–Kier alpha value is -0.900. The number of aromatic nitrogens is 2. The van der Waals surface area contributed by atoms with Crippen LogP contribution in [0.1, 0.15) is 21.9 Å². The van der Waals surface area contributed by atoms with Crippen LogP contribution < -0.4 is 0 Å². The van der Waals surface area contributed by atoms with Crippen LogP contribution in [0.2, 0.25) is 0 Å². The zero-order chi connectivity index (χ0) is 13.8. The first-order valence-corrected chi connectivity index (χ1v) is 6.31. The van der Waals surface area contributed by atoms with Gasteiger partial charge in [-0.15, -0.1) is 0 Å². The first-order valence-electron chi connectivity index (χ1n) is 5.18. The van der Waals surface area contributed by atoms with Gasteiger partial charge in [0.15, 0.2) is 0 Å². The van der Waals surface area contributed by atoms with Gasteiger partial charge in [-0.3, -0.25) is 4.79 Å². The van der Waals surface area contributed by atoms with Crippen LogP contribution in [0.3, 0.4) is 0 Å². The second-order valence-corrected chi connectivity index (χ2v) is 6.02. The van der Waals surface area contributed by atoms with Gasteiger partial charge in [0.1, 0.15) is 0 Å². The zero-order valence-electron chi connectivity index (χ0n) is 9.93. The van der Waals surface area contributed by atoms with E-state index in [4.69, 9.17) is 34.8 Å². The minimum absolute atomic E-state index is 0.313. The Labute approximate surface area is 120 Å². The van der Waals surface area contributed by atoms with E-state index in [1.54, 1.807) is 12.1 Å². The van der Waals surface area contributed by atoms with Crippen LogP contribution in [0.25, 0.3) is 0 Å². The third kappa shape index (κ3) is 4.77. The van der Waals surface area contributed by atoms with E-state index in [2.05, 4.69) is 9.97 Å². The van der Waals surface area contributed by atoms with Crippen molar-refractivity contribution in [3.8, 4) is 0 Å². The van der Waals surface area contributed by atoms with Gasteiger partial charge in [-0.25, -0.2) is 0 Å². The van der Waals surface area contributed by atoms with Crippen molar-refractivity contribution < 1.29 is 4.79 Å². The average molecular weight is 308 g/mol. The largest absolute Gasteiger partial charge is 0.365 e. The summed E-state index contributed by atoms with van der Waals surface area (Å²) in [5.74, 6) is -0.541. The molecular weight excluding hydrogens is 295 g/mol. The van der Waals surface area contributed by atoms with Crippen molar-refractivity contribution in [3.63, 3.8) is 0 Å². The Balaban J connectivity index is 0.000000225. The number of carbonyl (C=O) groups excluding carboxylic acids is 1. The SMILES string of the molecule is Cc1ccc(C(=O)C(Cl)(Cl)Cl)[nH]1.Cc1ccc[nH]1. The summed E-state index contributed by atoms with van der Waals surface area (Å²) in [5, 5.41) is 0. The maximum absolute atomic E-state index is 11.3. The lowest BCUT2D eigenvalue weighted by atomic mass is 10.3. The van der Waals surface area contributed by atoms with Crippen molar-refractivity contribution in [1.29, 1.82) is 0 Å². The number of halogens is 3. The molecule has 2 N–H and O–H groups in total. The lowest BCUT2D eigenvalue weighted by Crippen LogP contribution is -2.19. The number of alkyl halides is 3. The van der Waals surface area contributed by atoms with E-state index in [-0.39, 0.29) is 0 Å². The minimum atomic E-state index is -1.88. The molecule has 0 aliphatic rings. The molecule has 0 radical (unpaired) electrons. The first-order chi connectivity index (χ1) is 8.30.